The van der Waals surface area contributed by atoms with Gasteiger partial charge in [-0.05, 0) is 49.2 Å². The summed E-state index contributed by atoms with van der Waals surface area (Å²) < 4.78 is 7.25. The Hall–Kier alpha value is -3.52. The molecule has 1 aliphatic heterocycles. The summed E-state index contributed by atoms with van der Waals surface area (Å²) in [5.41, 5.74) is 2.78. The molecule has 0 bridgehead atoms. The Balaban J connectivity index is 1.27. The molecular weight excluding hydrogens is 422 g/mol. The van der Waals surface area contributed by atoms with Gasteiger partial charge in [0.25, 0.3) is 0 Å². The first-order chi connectivity index (χ1) is 15.7. The van der Waals surface area contributed by atoms with E-state index in [0.29, 0.717) is 11.6 Å². The molecule has 4 aromatic rings. The van der Waals surface area contributed by atoms with Crippen LogP contribution in [0.3, 0.4) is 0 Å². The number of carbonyl (C=O) groups excluding carboxylic acids is 1. The average molecular weight is 446 g/mol. The van der Waals surface area contributed by atoms with Gasteiger partial charge < -0.3 is 15.0 Å². The largest absolute Gasteiger partial charge is 0.437 e. The maximum atomic E-state index is 11.6. The second-order valence-electron chi connectivity index (χ2n) is 7.77. The van der Waals surface area contributed by atoms with Crippen molar-refractivity contribution in [1.82, 2.24) is 19.9 Å². The van der Waals surface area contributed by atoms with Crippen molar-refractivity contribution in [2.24, 2.45) is 0 Å². The first-order valence-electron chi connectivity index (χ1n) is 10.6. The van der Waals surface area contributed by atoms with E-state index in [1.165, 1.54) is 0 Å². The van der Waals surface area contributed by atoms with Crippen molar-refractivity contribution in [3.05, 3.63) is 66.6 Å². The number of aromatic nitrogens is 3. The lowest BCUT2D eigenvalue weighted by Gasteiger charge is -2.31. The Labute approximate surface area is 190 Å². The number of fused-ring (bicyclic) bond motifs is 1. The van der Waals surface area contributed by atoms with Gasteiger partial charge in [0.15, 0.2) is 5.13 Å². The van der Waals surface area contributed by atoms with E-state index in [1.807, 2.05) is 47.4 Å². The Morgan fingerprint density at radius 2 is 1.81 bits per heavy atom. The Morgan fingerprint density at radius 1 is 1.06 bits per heavy atom. The molecule has 1 fully saturated rings. The third-order valence-corrected chi connectivity index (χ3v) is 6.58. The van der Waals surface area contributed by atoms with E-state index in [1.54, 1.807) is 30.7 Å². The lowest BCUT2D eigenvalue weighted by Crippen LogP contribution is -2.36. The fourth-order valence-electron chi connectivity index (χ4n) is 3.93. The highest BCUT2D eigenvalue weighted by molar-refractivity contribution is 7.22. The minimum atomic E-state index is 0.124. The van der Waals surface area contributed by atoms with Crippen LogP contribution in [0, 0.1) is 0 Å². The summed E-state index contributed by atoms with van der Waals surface area (Å²) in [5.74, 6) is 1.58. The molecule has 0 unspecified atom stereocenters. The van der Waals surface area contributed by atoms with E-state index in [9.17, 15) is 4.79 Å². The smallest absolute Gasteiger partial charge is 0.241 e. The van der Waals surface area contributed by atoms with Crippen molar-refractivity contribution in [3.63, 3.8) is 0 Å². The summed E-state index contributed by atoms with van der Waals surface area (Å²) in [6, 6.07) is 15.8. The first kappa shape index (κ1) is 20.4. The zero-order valence-electron chi connectivity index (χ0n) is 17.7. The molecule has 0 spiro atoms. The number of amides is 1. The molecule has 1 amide bonds. The molecule has 3 heterocycles. The molecule has 1 saturated heterocycles. The topological polar surface area (TPSA) is 80.2 Å². The van der Waals surface area contributed by atoms with Gasteiger partial charge in [-0.2, -0.15) is 0 Å². The van der Waals surface area contributed by atoms with Crippen LogP contribution >= 0.6 is 11.3 Å². The van der Waals surface area contributed by atoms with E-state index in [4.69, 9.17) is 4.74 Å². The number of nitrogens with one attached hydrogen (secondary N) is 1. The van der Waals surface area contributed by atoms with E-state index in [2.05, 4.69) is 26.3 Å². The minimum absolute atomic E-state index is 0.124. The average Bonchev–Trinajstić information content (AvgIpc) is 3.23. The quantitative estimate of drug-likeness (QED) is 0.446. The van der Waals surface area contributed by atoms with Gasteiger partial charge in [-0.25, -0.2) is 9.97 Å². The van der Waals surface area contributed by atoms with Crippen LogP contribution in [-0.2, 0) is 4.79 Å². The summed E-state index contributed by atoms with van der Waals surface area (Å²) in [6.07, 6.45) is 5.07. The third kappa shape index (κ3) is 4.40. The molecule has 0 atom stereocenters. The Bertz CT molecular complexity index is 1200. The van der Waals surface area contributed by atoms with Crippen LogP contribution in [0.2, 0.25) is 0 Å². The predicted molar refractivity (Wildman–Crippen MR) is 126 cm³/mol. The van der Waals surface area contributed by atoms with Crippen molar-refractivity contribution in [2.75, 3.05) is 18.4 Å². The summed E-state index contributed by atoms with van der Waals surface area (Å²) in [6.45, 7) is 3.09. The molecule has 0 aliphatic carbocycles. The third-order valence-electron chi connectivity index (χ3n) is 5.63. The fourth-order valence-corrected chi connectivity index (χ4v) is 4.82. The van der Waals surface area contributed by atoms with E-state index < -0.39 is 0 Å². The molecule has 0 saturated carbocycles. The van der Waals surface area contributed by atoms with Crippen LogP contribution in [0.1, 0.15) is 31.4 Å². The van der Waals surface area contributed by atoms with Crippen LogP contribution in [0.4, 0.5) is 10.8 Å². The molecule has 8 heteroatoms. The SMILES string of the molecule is CC(=O)N1CCC(c2nccnc2Oc2ccc(Nc3nc4ccccc4s3)cc2)CC1. The van der Waals surface area contributed by atoms with Gasteiger partial charge >= 0.3 is 0 Å². The van der Waals surface area contributed by atoms with Crippen LogP contribution in [0.25, 0.3) is 10.2 Å². The number of rotatable bonds is 5. The van der Waals surface area contributed by atoms with E-state index >= 15 is 0 Å². The molecule has 7 nitrogen and oxygen atoms in total. The number of piperidine rings is 1. The van der Waals surface area contributed by atoms with E-state index in [0.717, 1.165) is 52.7 Å². The highest BCUT2D eigenvalue weighted by Crippen LogP contribution is 2.34. The zero-order chi connectivity index (χ0) is 21.9. The lowest BCUT2D eigenvalue weighted by molar-refractivity contribution is -0.129. The molecule has 162 valence electrons. The monoisotopic (exact) mass is 445 g/mol. The number of hydrogen-bond acceptors (Lipinski definition) is 7. The van der Waals surface area contributed by atoms with Crippen molar-refractivity contribution >= 4 is 38.3 Å². The van der Waals surface area contributed by atoms with Crippen molar-refractivity contribution in [2.45, 2.75) is 25.7 Å². The van der Waals surface area contributed by atoms with Gasteiger partial charge in [0, 0.05) is 44.0 Å². The van der Waals surface area contributed by atoms with Gasteiger partial charge in [0.1, 0.15) is 11.4 Å². The predicted octanol–water partition coefficient (Wildman–Crippen LogP) is 5.35. The highest BCUT2D eigenvalue weighted by Gasteiger charge is 2.26. The zero-order valence-corrected chi connectivity index (χ0v) is 18.5. The fraction of sp³-hybridized carbons (Fsp3) is 0.250. The van der Waals surface area contributed by atoms with Crippen LogP contribution in [0.5, 0.6) is 11.6 Å². The number of anilines is 2. The summed E-state index contributed by atoms with van der Waals surface area (Å²) in [4.78, 5) is 27.1. The van der Waals surface area contributed by atoms with Gasteiger partial charge in [-0.1, -0.05) is 23.5 Å². The van der Waals surface area contributed by atoms with Crippen molar-refractivity contribution in [3.8, 4) is 11.6 Å². The van der Waals surface area contributed by atoms with Crippen LogP contribution in [-0.4, -0.2) is 38.8 Å². The first-order valence-corrected chi connectivity index (χ1v) is 11.4. The second-order valence-corrected chi connectivity index (χ2v) is 8.80. The number of benzene rings is 2. The summed E-state index contributed by atoms with van der Waals surface area (Å²) in [7, 11) is 0. The molecule has 2 aromatic carbocycles. The maximum Gasteiger partial charge on any atom is 0.241 e. The number of hydrogen-bond donors (Lipinski definition) is 1. The van der Waals surface area contributed by atoms with Crippen LogP contribution in [0.15, 0.2) is 60.9 Å². The number of ether oxygens (including phenoxy) is 1. The molecule has 2 aromatic heterocycles. The standard InChI is InChI=1S/C24H23N5O2S/c1-16(30)29-14-10-17(11-15-29)22-23(26-13-12-25-22)31-19-8-6-18(7-9-19)27-24-28-20-4-2-3-5-21(20)32-24/h2-9,12-13,17H,10-11,14-15H2,1H3,(H,27,28). The number of thiazole rings is 1. The van der Waals surface area contributed by atoms with Gasteiger partial charge in [-0.3, -0.25) is 9.78 Å². The maximum absolute atomic E-state index is 11.6. The highest BCUT2D eigenvalue weighted by atomic mass is 32.1. The molecule has 5 rings (SSSR count). The molecule has 0 radical (unpaired) electrons. The van der Waals surface area contributed by atoms with Gasteiger partial charge in [0.2, 0.25) is 11.8 Å². The van der Waals surface area contributed by atoms with Crippen molar-refractivity contribution in [1.29, 1.82) is 0 Å². The van der Waals surface area contributed by atoms with Gasteiger partial charge in [0.05, 0.1) is 10.2 Å². The molecule has 32 heavy (non-hydrogen) atoms. The van der Waals surface area contributed by atoms with Crippen LogP contribution < -0.4 is 10.1 Å². The second kappa shape index (κ2) is 8.92. The normalized spacial score (nSPS) is 14.5. The number of carbonyl (C=O) groups is 1. The summed E-state index contributed by atoms with van der Waals surface area (Å²) >= 11 is 1.62. The number of nitrogens with zero attached hydrogens (tertiary/aromatic N) is 4. The molecule has 1 N–H and O–H groups in total. The van der Waals surface area contributed by atoms with E-state index in [-0.39, 0.29) is 11.8 Å². The van der Waals surface area contributed by atoms with Gasteiger partial charge in [-0.15, -0.1) is 0 Å². The lowest BCUT2D eigenvalue weighted by atomic mass is 9.93. The Kier molecular flexibility index (Phi) is 5.68. The summed E-state index contributed by atoms with van der Waals surface area (Å²) in [5, 5.41) is 4.21. The minimum Gasteiger partial charge on any atom is -0.437 e. The number of likely N-dealkylation sites (tertiary alicyclic amines) is 1. The molecule has 1 aliphatic rings. The Morgan fingerprint density at radius 3 is 2.56 bits per heavy atom. The molecular formula is C24H23N5O2S. The van der Waals surface area contributed by atoms with Crippen molar-refractivity contribution < 1.29 is 9.53 Å². The number of para-hydroxylation sites is 1.